The first-order valence-corrected chi connectivity index (χ1v) is 8.15. The van der Waals surface area contributed by atoms with E-state index < -0.39 is 15.8 Å². The summed E-state index contributed by atoms with van der Waals surface area (Å²) < 4.78 is 39.4. The van der Waals surface area contributed by atoms with E-state index in [-0.39, 0.29) is 18.0 Å². The zero-order chi connectivity index (χ0) is 14.8. The third-order valence-corrected chi connectivity index (χ3v) is 5.33. The first-order valence-electron chi connectivity index (χ1n) is 5.77. The van der Waals surface area contributed by atoms with Crippen LogP contribution in [0.4, 0.5) is 4.39 Å². The molecule has 2 N–H and O–H groups in total. The van der Waals surface area contributed by atoms with E-state index in [0.29, 0.717) is 11.3 Å². The molecule has 0 fully saturated rings. The van der Waals surface area contributed by atoms with Crippen LogP contribution in [0.5, 0.6) is 0 Å². The average Bonchev–Trinajstić information content (AvgIpc) is 2.91. The fourth-order valence-electron chi connectivity index (χ4n) is 1.73. The lowest BCUT2D eigenvalue weighted by Crippen LogP contribution is -2.28. The van der Waals surface area contributed by atoms with Crippen molar-refractivity contribution in [2.45, 2.75) is 18.0 Å². The lowest BCUT2D eigenvalue weighted by atomic mass is 10.2. The van der Waals surface area contributed by atoms with Crippen molar-refractivity contribution in [1.82, 2.24) is 9.29 Å². The van der Waals surface area contributed by atoms with Crippen LogP contribution in [-0.2, 0) is 23.1 Å². The predicted molar refractivity (Wildman–Crippen MR) is 75.1 cm³/mol. The van der Waals surface area contributed by atoms with Gasteiger partial charge in [0.1, 0.15) is 5.82 Å². The molecule has 108 valence electrons. The van der Waals surface area contributed by atoms with E-state index in [9.17, 15) is 12.8 Å². The van der Waals surface area contributed by atoms with E-state index in [1.807, 2.05) is 0 Å². The summed E-state index contributed by atoms with van der Waals surface area (Å²) in [5, 5.41) is 1.77. The van der Waals surface area contributed by atoms with E-state index in [1.54, 1.807) is 10.9 Å². The molecular weight excluding hydrogens is 301 g/mol. The van der Waals surface area contributed by atoms with Gasteiger partial charge in [0.25, 0.3) is 0 Å². The van der Waals surface area contributed by atoms with Crippen LogP contribution in [0.25, 0.3) is 0 Å². The molecule has 0 atom stereocenters. The van der Waals surface area contributed by atoms with Crippen LogP contribution < -0.4 is 5.73 Å². The van der Waals surface area contributed by atoms with E-state index in [2.05, 4.69) is 4.98 Å². The van der Waals surface area contributed by atoms with E-state index in [1.165, 1.54) is 30.5 Å². The molecule has 0 amide bonds. The average molecular weight is 315 g/mol. The Bertz CT molecular complexity index is 687. The van der Waals surface area contributed by atoms with Crippen molar-refractivity contribution in [3.63, 3.8) is 0 Å². The molecule has 0 spiro atoms. The van der Waals surface area contributed by atoms with Crippen LogP contribution in [0.2, 0.25) is 0 Å². The van der Waals surface area contributed by atoms with Gasteiger partial charge in [0.05, 0.1) is 22.6 Å². The Kier molecular flexibility index (Phi) is 4.48. The number of sulfonamides is 1. The van der Waals surface area contributed by atoms with Crippen molar-refractivity contribution >= 4 is 21.4 Å². The van der Waals surface area contributed by atoms with Gasteiger partial charge in [-0.25, -0.2) is 17.8 Å². The van der Waals surface area contributed by atoms with Gasteiger partial charge in [0, 0.05) is 19.0 Å². The Labute approximate surface area is 120 Å². The first kappa shape index (κ1) is 15.0. The maximum Gasteiger partial charge on any atom is 0.243 e. The summed E-state index contributed by atoms with van der Waals surface area (Å²) in [6.45, 7) is 0.158. The molecule has 2 rings (SSSR count). The van der Waals surface area contributed by atoms with Gasteiger partial charge in [0.2, 0.25) is 10.0 Å². The molecule has 0 radical (unpaired) electrons. The number of thiazole rings is 1. The molecule has 2 aromatic rings. The fraction of sp³-hybridized carbons (Fsp3) is 0.250. The van der Waals surface area contributed by atoms with E-state index in [0.717, 1.165) is 10.4 Å². The molecule has 0 aliphatic rings. The van der Waals surface area contributed by atoms with Crippen molar-refractivity contribution in [2.75, 3.05) is 7.05 Å². The second kappa shape index (κ2) is 5.96. The summed E-state index contributed by atoms with van der Waals surface area (Å²) >= 11 is 1.39. The molecule has 0 unspecified atom stereocenters. The minimum absolute atomic E-state index is 0.0272. The highest BCUT2D eigenvalue weighted by Crippen LogP contribution is 2.21. The van der Waals surface area contributed by atoms with Gasteiger partial charge in [-0.15, -0.1) is 11.3 Å². The van der Waals surface area contributed by atoms with E-state index in [4.69, 9.17) is 5.73 Å². The van der Waals surface area contributed by atoms with Gasteiger partial charge in [0.15, 0.2) is 0 Å². The van der Waals surface area contributed by atoms with Crippen molar-refractivity contribution in [2.24, 2.45) is 5.73 Å². The summed E-state index contributed by atoms with van der Waals surface area (Å²) in [6, 6.07) is 3.58. The molecule has 0 bridgehead atoms. The summed E-state index contributed by atoms with van der Waals surface area (Å²) in [5.74, 6) is -0.608. The molecular formula is C12H14FN3O2S2. The third kappa shape index (κ3) is 3.04. The van der Waals surface area contributed by atoms with Crippen molar-refractivity contribution in [3.8, 4) is 0 Å². The number of nitrogens with zero attached hydrogens (tertiary/aromatic N) is 2. The lowest BCUT2D eigenvalue weighted by molar-refractivity contribution is 0.461. The Morgan fingerprint density at radius 3 is 2.80 bits per heavy atom. The molecule has 0 saturated carbocycles. The quantitative estimate of drug-likeness (QED) is 0.908. The van der Waals surface area contributed by atoms with E-state index >= 15 is 0 Å². The minimum atomic E-state index is -3.80. The van der Waals surface area contributed by atoms with Crippen molar-refractivity contribution < 1.29 is 12.8 Å². The zero-order valence-corrected chi connectivity index (χ0v) is 12.4. The van der Waals surface area contributed by atoms with Crippen LogP contribution in [0.15, 0.2) is 34.0 Å². The molecule has 0 aliphatic carbocycles. The van der Waals surface area contributed by atoms with Crippen LogP contribution in [0.3, 0.4) is 0 Å². The number of hydrogen-bond acceptors (Lipinski definition) is 5. The van der Waals surface area contributed by atoms with Gasteiger partial charge >= 0.3 is 0 Å². The second-order valence-electron chi connectivity index (χ2n) is 4.20. The molecule has 0 aliphatic heterocycles. The predicted octanol–water partition coefficient (Wildman–Crippen LogP) is 1.56. The molecule has 8 heteroatoms. The van der Waals surface area contributed by atoms with Crippen molar-refractivity contribution in [1.29, 1.82) is 0 Å². The summed E-state index contributed by atoms with van der Waals surface area (Å²) in [6.07, 6.45) is 0. The first-order chi connectivity index (χ1) is 9.45. The number of nitrogens with two attached hydrogens (primary N) is 1. The number of halogens is 1. The van der Waals surface area contributed by atoms with Crippen LogP contribution in [0.1, 0.15) is 11.3 Å². The van der Waals surface area contributed by atoms with Gasteiger partial charge in [-0.05, 0) is 17.7 Å². The Morgan fingerprint density at radius 1 is 1.45 bits per heavy atom. The molecule has 1 heterocycles. The van der Waals surface area contributed by atoms with Crippen LogP contribution in [-0.4, -0.2) is 24.8 Å². The summed E-state index contributed by atoms with van der Waals surface area (Å²) in [7, 11) is -2.37. The van der Waals surface area contributed by atoms with Gasteiger partial charge in [-0.3, -0.25) is 0 Å². The number of benzene rings is 1. The van der Waals surface area contributed by atoms with Gasteiger partial charge < -0.3 is 5.73 Å². The second-order valence-corrected chi connectivity index (χ2v) is 6.93. The normalized spacial score (nSPS) is 12.0. The van der Waals surface area contributed by atoms with Gasteiger partial charge in [-0.2, -0.15) is 4.31 Å². The fourth-order valence-corrected chi connectivity index (χ4v) is 3.67. The largest absolute Gasteiger partial charge is 0.326 e. The Balaban J connectivity index is 2.36. The Morgan fingerprint density at radius 2 is 2.20 bits per heavy atom. The summed E-state index contributed by atoms with van der Waals surface area (Å²) in [5.41, 5.74) is 8.18. The SMILES string of the molecule is CN(Cc1cscn1)S(=O)(=O)c1cc(F)ccc1CN. The number of aromatic nitrogens is 1. The summed E-state index contributed by atoms with van der Waals surface area (Å²) in [4.78, 5) is 3.94. The van der Waals surface area contributed by atoms with Crippen LogP contribution in [0, 0.1) is 5.82 Å². The maximum absolute atomic E-state index is 13.3. The highest BCUT2D eigenvalue weighted by Gasteiger charge is 2.24. The standard InChI is InChI=1S/C12H14FN3O2S2/c1-16(6-11-7-19-8-15-11)20(17,18)12-4-10(13)3-2-9(12)5-14/h2-4,7-8H,5-6,14H2,1H3. The highest BCUT2D eigenvalue weighted by molar-refractivity contribution is 7.89. The number of rotatable bonds is 5. The van der Waals surface area contributed by atoms with Crippen LogP contribution >= 0.6 is 11.3 Å². The zero-order valence-electron chi connectivity index (χ0n) is 10.8. The maximum atomic E-state index is 13.3. The molecule has 1 aromatic carbocycles. The monoisotopic (exact) mass is 315 g/mol. The highest BCUT2D eigenvalue weighted by atomic mass is 32.2. The smallest absolute Gasteiger partial charge is 0.243 e. The molecule has 1 aromatic heterocycles. The van der Waals surface area contributed by atoms with Crippen molar-refractivity contribution in [3.05, 3.63) is 46.2 Å². The molecule has 0 saturated heterocycles. The number of hydrogen-bond donors (Lipinski definition) is 1. The topological polar surface area (TPSA) is 76.3 Å². The lowest BCUT2D eigenvalue weighted by Gasteiger charge is -2.18. The molecule has 5 nitrogen and oxygen atoms in total. The molecule has 20 heavy (non-hydrogen) atoms. The van der Waals surface area contributed by atoms with Gasteiger partial charge in [-0.1, -0.05) is 6.07 Å². The Hall–Kier alpha value is -1.35. The minimum Gasteiger partial charge on any atom is -0.326 e. The third-order valence-electron chi connectivity index (χ3n) is 2.81.